The van der Waals surface area contributed by atoms with Crippen LogP contribution in [0.2, 0.25) is 0 Å². The summed E-state index contributed by atoms with van der Waals surface area (Å²) in [4.78, 5) is 2.47. The second-order valence-corrected chi connectivity index (χ2v) is 6.88. The molecule has 0 spiro atoms. The average molecular weight is 298 g/mol. The number of nitrogens with one attached hydrogen (secondary N) is 1. The normalized spacial score (nSPS) is 17.4. The summed E-state index contributed by atoms with van der Waals surface area (Å²) >= 11 is 0. The molecular formula is C14H22N2O3S. The molecule has 20 heavy (non-hydrogen) atoms. The van der Waals surface area contributed by atoms with E-state index in [9.17, 15) is 13.5 Å². The highest BCUT2D eigenvalue weighted by Crippen LogP contribution is 2.21. The number of aliphatic hydroxyl groups is 1. The van der Waals surface area contributed by atoms with Crippen LogP contribution >= 0.6 is 0 Å². The van der Waals surface area contributed by atoms with Crippen LogP contribution in [0, 0.1) is 0 Å². The molecule has 2 N–H and O–H groups in total. The van der Waals surface area contributed by atoms with Crippen molar-refractivity contribution in [2.24, 2.45) is 0 Å². The van der Waals surface area contributed by atoms with E-state index in [0.717, 1.165) is 38.0 Å². The van der Waals surface area contributed by atoms with E-state index >= 15 is 0 Å². The minimum Gasteiger partial charge on any atom is -0.393 e. The quantitative estimate of drug-likeness (QED) is 0.860. The lowest BCUT2D eigenvalue weighted by atomic mass is 10.1. The number of piperidine rings is 1. The van der Waals surface area contributed by atoms with Crippen LogP contribution < -0.4 is 9.62 Å². The highest BCUT2D eigenvalue weighted by atomic mass is 32.2. The monoisotopic (exact) mass is 298 g/mol. The fourth-order valence-electron chi connectivity index (χ4n) is 2.28. The van der Waals surface area contributed by atoms with Crippen LogP contribution in [0.3, 0.4) is 0 Å². The van der Waals surface area contributed by atoms with Gasteiger partial charge >= 0.3 is 0 Å². The smallest absolute Gasteiger partial charge is 0.240 e. The molecule has 0 atom stereocenters. The molecule has 1 aliphatic rings. The van der Waals surface area contributed by atoms with Crippen LogP contribution in [-0.2, 0) is 10.0 Å². The number of hydrogen-bond donors (Lipinski definition) is 2. The number of nitrogens with zero attached hydrogens (tertiary/aromatic N) is 1. The first-order valence-corrected chi connectivity index (χ1v) is 8.54. The minimum atomic E-state index is -3.39. The highest BCUT2D eigenvalue weighted by molar-refractivity contribution is 7.89. The van der Waals surface area contributed by atoms with Crippen LogP contribution in [-0.4, -0.2) is 39.3 Å². The van der Waals surface area contributed by atoms with Gasteiger partial charge < -0.3 is 10.0 Å². The molecule has 2 rings (SSSR count). The fourth-order valence-corrected chi connectivity index (χ4v) is 3.41. The summed E-state index contributed by atoms with van der Waals surface area (Å²) in [6.45, 7) is 3.99. The highest BCUT2D eigenvalue weighted by Gasteiger charge is 2.18. The summed E-state index contributed by atoms with van der Waals surface area (Å²) in [5.74, 6) is 0. The largest absolute Gasteiger partial charge is 0.393 e. The molecule has 1 aromatic rings. The Kier molecular flexibility index (Phi) is 5.01. The predicted molar refractivity (Wildman–Crippen MR) is 79.4 cm³/mol. The van der Waals surface area contributed by atoms with Gasteiger partial charge in [0.15, 0.2) is 0 Å². The van der Waals surface area contributed by atoms with Crippen LogP contribution in [0.1, 0.15) is 26.2 Å². The zero-order valence-electron chi connectivity index (χ0n) is 11.7. The lowest BCUT2D eigenvalue weighted by molar-refractivity contribution is 0.145. The third kappa shape index (κ3) is 3.71. The molecule has 1 fully saturated rings. The van der Waals surface area contributed by atoms with Crippen molar-refractivity contribution >= 4 is 15.7 Å². The van der Waals surface area contributed by atoms with Gasteiger partial charge in [0.1, 0.15) is 0 Å². The third-order valence-electron chi connectivity index (χ3n) is 3.52. The molecule has 6 heteroatoms. The molecule has 0 unspecified atom stereocenters. The number of aliphatic hydroxyl groups excluding tert-OH is 1. The molecule has 0 amide bonds. The maximum absolute atomic E-state index is 12.0. The second kappa shape index (κ2) is 6.56. The maximum Gasteiger partial charge on any atom is 0.240 e. The summed E-state index contributed by atoms with van der Waals surface area (Å²) < 4.78 is 26.5. The summed E-state index contributed by atoms with van der Waals surface area (Å²) in [5.41, 5.74) is 1.01. The van der Waals surface area contributed by atoms with E-state index in [1.54, 1.807) is 12.1 Å². The van der Waals surface area contributed by atoms with E-state index in [-0.39, 0.29) is 6.10 Å². The molecule has 5 nitrogen and oxygen atoms in total. The molecule has 0 aromatic heterocycles. The maximum atomic E-state index is 12.0. The average Bonchev–Trinajstić information content (AvgIpc) is 2.46. The van der Waals surface area contributed by atoms with Crippen LogP contribution in [0.25, 0.3) is 0 Å². The van der Waals surface area contributed by atoms with Crippen molar-refractivity contribution in [1.29, 1.82) is 0 Å². The Morgan fingerprint density at radius 2 is 1.85 bits per heavy atom. The van der Waals surface area contributed by atoms with Crippen molar-refractivity contribution in [3.8, 4) is 0 Å². The van der Waals surface area contributed by atoms with Gasteiger partial charge in [-0.05, 0) is 43.5 Å². The molecule has 1 saturated heterocycles. The zero-order valence-corrected chi connectivity index (χ0v) is 12.6. The summed E-state index contributed by atoms with van der Waals surface area (Å²) in [7, 11) is -3.39. The minimum absolute atomic E-state index is 0.204. The van der Waals surface area contributed by atoms with Crippen molar-refractivity contribution < 1.29 is 13.5 Å². The lowest BCUT2D eigenvalue weighted by Crippen LogP contribution is -2.35. The molecule has 0 bridgehead atoms. The van der Waals surface area contributed by atoms with Crippen molar-refractivity contribution in [3.63, 3.8) is 0 Å². The van der Waals surface area contributed by atoms with Crippen molar-refractivity contribution in [3.05, 3.63) is 24.3 Å². The van der Waals surface area contributed by atoms with Gasteiger partial charge in [0, 0.05) is 25.3 Å². The molecule has 1 aliphatic heterocycles. The molecular weight excluding hydrogens is 276 g/mol. The number of benzene rings is 1. The van der Waals surface area contributed by atoms with Crippen LogP contribution in [0.15, 0.2) is 29.2 Å². The predicted octanol–water partition coefficient (Wildman–Crippen LogP) is 1.34. The van der Waals surface area contributed by atoms with Gasteiger partial charge in [-0.2, -0.15) is 0 Å². The van der Waals surface area contributed by atoms with Crippen molar-refractivity contribution in [1.82, 2.24) is 4.72 Å². The number of hydrogen-bond acceptors (Lipinski definition) is 4. The van der Waals surface area contributed by atoms with Gasteiger partial charge in [0.25, 0.3) is 0 Å². The lowest BCUT2D eigenvalue weighted by Gasteiger charge is -2.31. The topological polar surface area (TPSA) is 69.6 Å². The van der Waals surface area contributed by atoms with Crippen LogP contribution in [0.5, 0.6) is 0 Å². The van der Waals surface area contributed by atoms with E-state index < -0.39 is 10.0 Å². The third-order valence-corrected chi connectivity index (χ3v) is 5.00. The Hall–Kier alpha value is -1.11. The standard InChI is InChI=1S/C14H22N2O3S/c1-2-9-15-20(18,19)14-5-3-12(4-6-14)16-10-7-13(17)8-11-16/h3-6,13,15,17H,2,7-11H2,1H3. The Labute approximate surface area is 120 Å². The Bertz CT molecular complexity index is 520. The molecule has 0 saturated carbocycles. The SMILES string of the molecule is CCCNS(=O)(=O)c1ccc(N2CCC(O)CC2)cc1. The Morgan fingerprint density at radius 3 is 2.40 bits per heavy atom. The van der Waals surface area contributed by atoms with E-state index in [1.807, 2.05) is 19.1 Å². The van der Waals surface area contributed by atoms with E-state index in [0.29, 0.717) is 11.4 Å². The van der Waals surface area contributed by atoms with Gasteiger partial charge in [0.2, 0.25) is 10.0 Å². The van der Waals surface area contributed by atoms with Crippen molar-refractivity contribution in [2.75, 3.05) is 24.5 Å². The Balaban J connectivity index is 2.06. The number of anilines is 1. The molecule has 0 radical (unpaired) electrons. The number of sulfonamides is 1. The van der Waals surface area contributed by atoms with Crippen molar-refractivity contribution in [2.45, 2.75) is 37.2 Å². The first kappa shape index (κ1) is 15.3. The van der Waals surface area contributed by atoms with Gasteiger partial charge in [-0.1, -0.05) is 6.92 Å². The summed E-state index contributed by atoms with van der Waals surface area (Å²) in [5, 5.41) is 9.49. The number of rotatable bonds is 5. The van der Waals surface area contributed by atoms with E-state index in [1.165, 1.54) is 0 Å². The molecule has 1 aromatic carbocycles. The van der Waals surface area contributed by atoms with Crippen LogP contribution in [0.4, 0.5) is 5.69 Å². The second-order valence-electron chi connectivity index (χ2n) is 5.11. The van der Waals surface area contributed by atoms with Gasteiger partial charge in [0.05, 0.1) is 11.0 Å². The molecule has 112 valence electrons. The Morgan fingerprint density at radius 1 is 1.25 bits per heavy atom. The first-order chi connectivity index (χ1) is 9.53. The first-order valence-electron chi connectivity index (χ1n) is 7.05. The fraction of sp³-hybridized carbons (Fsp3) is 0.571. The van der Waals surface area contributed by atoms with Gasteiger partial charge in [-0.15, -0.1) is 0 Å². The zero-order chi connectivity index (χ0) is 14.6. The molecule has 1 heterocycles. The molecule has 0 aliphatic carbocycles. The van der Waals surface area contributed by atoms with Gasteiger partial charge in [-0.3, -0.25) is 0 Å². The van der Waals surface area contributed by atoms with E-state index in [2.05, 4.69) is 9.62 Å². The summed E-state index contributed by atoms with van der Waals surface area (Å²) in [6.07, 6.45) is 2.09. The summed E-state index contributed by atoms with van der Waals surface area (Å²) in [6, 6.07) is 6.94. The van der Waals surface area contributed by atoms with Gasteiger partial charge in [-0.25, -0.2) is 13.1 Å². The van der Waals surface area contributed by atoms with E-state index in [4.69, 9.17) is 0 Å².